The van der Waals surface area contributed by atoms with E-state index in [2.05, 4.69) is 19.1 Å². The Kier molecular flexibility index (Phi) is 5.81. The molecule has 2 rings (SSSR count). The third kappa shape index (κ3) is 4.07. The number of hydrogen-bond acceptors (Lipinski definition) is 4. The maximum Gasteiger partial charge on any atom is 0.423 e. The van der Waals surface area contributed by atoms with Gasteiger partial charge in [-0.25, -0.2) is 0 Å². The molecule has 0 N–H and O–H groups in total. The Bertz CT molecular complexity index is 460. The van der Waals surface area contributed by atoms with E-state index in [4.69, 9.17) is 18.3 Å². The largest absolute Gasteiger partial charge is 0.462 e. The van der Waals surface area contributed by atoms with E-state index in [1.807, 2.05) is 26.8 Å². The second-order valence-electron chi connectivity index (χ2n) is 5.25. The van der Waals surface area contributed by atoms with Crippen molar-refractivity contribution in [2.24, 2.45) is 0 Å². The Balaban J connectivity index is 2.17. The first-order chi connectivity index (χ1) is 10.1. The van der Waals surface area contributed by atoms with E-state index in [0.717, 1.165) is 29.3 Å². The molecule has 1 aromatic carbocycles. The highest BCUT2D eigenvalue weighted by Gasteiger charge is 2.32. The molecule has 0 saturated heterocycles. The summed E-state index contributed by atoms with van der Waals surface area (Å²) in [5, 5.41) is 1.11. The highest BCUT2D eigenvalue weighted by molar-refractivity contribution is 6.61. The van der Waals surface area contributed by atoms with E-state index in [9.17, 15) is 0 Å². The van der Waals surface area contributed by atoms with E-state index in [0.29, 0.717) is 19.8 Å². The Morgan fingerprint density at radius 1 is 1.19 bits per heavy atom. The summed E-state index contributed by atoms with van der Waals surface area (Å²) in [5.74, 6) is 0.409. The van der Waals surface area contributed by atoms with Crippen LogP contribution in [0.5, 0.6) is 5.75 Å². The van der Waals surface area contributed by atoms with Crippen molar-refractivity contribution in [1.82, 2.24) is 0 Å². The van der Waals surface area contributed by atoms with Crippen molar-refractivity contribution in [3.8, 4) is 5.75 Å². The van der Waals surface area contributed by atoms with E-state index in [-0.39, 0.29) is 0 Å². The molecule has 1 unspecified atom stereocenters. The highest BCUT2D eigenvalue weighted by atomic mass is 28.3. The summed E-state index contributed by atoms with van der Waals surface area (Å²) < 4.78 is 23.4. The third-order valence-electron chi connectivity index (χ3n) is 3.41. The summed E-state index contributed by atoms with van der Waals surface area (Å²) >= 11 is 0. The lowest BCUT2D eigenvalue weighted by Gasteiger charge is -2.35. The van der Waals surface area contributed by atoms with Gasteiger partial charge in [-0.3, -0.25) is 0 Å². The predicted octanol–water partition coefficient (Wildman–Crippen LogP) is 2.88. The molecule has 0 bridgehead atoms. The molecule has 5 heteroatoms. The lowest BCUT2D eigenvalue weighted by molar-refractivity contribution is -0.197. The molecule has 0 saturated carbocycles. The Hall–Kier alpha value is -0.883. The first-order valence-electron chi connectivity index (χ1n) is 7.70. The van der Waals surface area contributed by atoms with E-state index in [1.165, 1.54) is 0 Å². The van der Waals surface area contributed by atoms with Gasteiger partial charge in [0.1, 0.15) is 5.75 Å². The summed E-state index contributed by atoms with van der Waals surface area (Å²) in [6.07, 6.45) is 1.92. The maximum atomic E-state index is 6.02. The summed E-state index contributed by atoms with van der Waals surface area (Å²) in [6, 6.07) is 6.17. The average Bonchev–Trinajstić information content (AvgIpc) is 2.46. The molecule has 21 heavy (non-hydrogen) atoms. The minimum absolute atomic E-state index is 0.503. The predicted molar refractivity (Wildman–Crippen MR) is 83.8 cm³/mol. The molecule has 1 aromatic rings. The van der Waals surface area contributed by atoms with Gasteiger partial charge in [0.05, 0.1) is 6.61 Å². The number of rotatable bonds is 7. The van der Waals surface area contributed by atoms with Gasteiger partial charge in [0.2, 0.25) is 5.79 Å². The number of ether oxygens (including phenoxy) is 2. The van der Waals surface area contributed by atoms with Gasteiger partial charge in [0, 0.05) is 32.1 Å². The fourth-order valence-corrected chi connectivity index (χ4v) is 3.91. The molecule has 4 nitrogen and oxygen atoms in total. The van der Waals surface area contributed by atoms with Gasteiger partial charge in [0.15, 0.2) is 0 Å². The normalized spacial score (nSPS) is 21.2. The van der Waals surface area contributed by atoms with Crippen LogP contribution in [0.1, 0.15) is 46.1 Å². The van der Waals surface area contributed by atoms with Crippen LogP contribution in [0, 0.1) is 0 Å². The standard InChI is InChI=1S/C16H25O4Si/c1-5-10-16(4)17-12-13-11-14(8-9-15(13)20-16)21(18-6-2)19-7-3/h8-9,11H,5-7,10,12H2,1-4H3. The van der Waals surface area contributed by atoms with Gasteiger partial charge in [-0.05, 0) is 37.6 Å². The van der Waals surface area contributed by atoms with Crippen molar-refractivity contribution in [3.63, 3.8) is 0 Å². The zero-order chi connectivity index (χ0) is 15.3. The van der Waals surface area contributed by atoms with Crippen LogP contribution < -0.4 is 9.92 Å². The topological polar surface area (TPSA) is 36.9 Å². The zero-order valence-corrected chi connectivity index (χ0v) is 14.4. The van der Waals surface area contributed by atoms with Crippen molar-refractivity contribution in [1.29, 1.82) is 0 Å². The van der Waals surface area contributed by atoms with Gasteiger partial charge in [-0.2, -0.15) is 0 Å². The van der Waals surface area contributed by atoms with Crippen LogP contribution in [0.15, 0.2) is 18.2 Å². The van der Waals surface area contributed by atoms with Crippen LogP contribution in [0.3, 0.4) is 0 Å². The van der Waals surface area contributed by atoms with Crippen molar-refractivity contribution >= 4 is 14.5 Å². The third-order valence-corrected chi connectivity index (χ3v) is 5.29. The molecule has 1 aliphatic rings. The van der Waals surface area contributed by atoms with Gasteiger partial charge in [-0.15, -0.1) is 0 Å². The quantitative estimate of drug-likeness (QED) is 0.726. The second-order valence-corrected chi connectivity index (χ2v) is 6.98. The molecule has 0 aliphatic carbocycles. The highest BCUT2D eigenvalue weighted by Crippen LogP contribution is 2.33. The molecular formula is C16H25O4Si. The molecule has 1 atom stereocenters. The molecule has 0 spiro atoms. The fraction of sp³-hybridized carbons (Fsp3) is 0.625. The van der Waals surface area contributed by atoms with Crippen LogP contribution in [0.4, 0.5) is 0 Å². The van der Waals surface area contributed by atoms with Gasteiger partial charge in [0.25, 0.3) is 0 Å². The molecule has 0 fully saturated rings. The smallest absolute Gasteiger partial charge is 0.423 e. The lowest BCUT2D eigenvalue weighted by atomic mass is 10.1. The number of fused-ring (bicyclic) bond motifs is 1. The van der Waals surface area contributed by atoms with Crippen LogP contribution >= 0.6 is 0 Å². The van der Waals surface area contributed by atoms with E-state index < -0.39 is 15.1 Å². The van der Waals surface area contributed by atoms with Gasteiger partial charge >= 0.3 is 9.28 Å². The van der Waals surface area contributed by atoms with Gasteiger partial charge < -0.3 is 18.3 Å². The Labute approximate surface area is 129 Å². The minimum Gasteiger partial charge on any atom is -0.462 e. The zero-order valence-electron chi connectivity index (χ0n) is 13.4. The van der Waals surface area contributed by atoms with Crippen molar-refractivity contribution in [2.75, 3.05) is 13.2 Å². The molecular weight excluding hydrogens is 284 g/mol. The maximum absolute atomic E-state index is 6.02. The molecule has 0 aromatic heterocycles. The Morgan fingerprint density at radius 3 is 2.52 bits per heavy atom. The average molecular weight is 309 g/mol. The summed E-state index contributed by atoms with van der Waals surface area (Å²) in [6.45, 7) is 10.0. The first kappa shape index (κ1) is 16.5. The van der Waals surface area contributed by atoms with Crippen molar-refractivity contribution < 1.29 is 18.3 Å². The second kappa shape index (κ2) is 7.40. The van der Waals surface area contributed by atoms with Crippen LogP contribution in [-0.2, 0) is 20.2 Å². The van der Waals surface area contributed by atoms with Crippen LogP contribution in [0.25, 0.3) is 0 Å². The fourth-order valence-electron chi connectivity index (χ4n) is 2.46. The van der Waals surface area contributed by atoms with Crippen molar-refractivity contribution in [3.05, 3.63) is 23.8 Å². The Morgan fingerprint density at radius 2 is 1.90 bits per heavy atom. The molecule has 1 aliphatic heterocycles. The van der Waals surface area contributed by atoms with E-state index in [1.54, 1.807) is 0 Å². The van der Waals surface area contributed by atoms with Crippen LogP contribution in [-0.4, -0.2) is 28.3 Å². The summed E-state index contributed by atoms with van der Waals surface area (Å²) in [5.41, 5.74) is 1.07. The monoisotopic (exact) mass is 309 g/mol. The first-order valence-corrected chi connectivity index (χ1v) is 9.02. The van der Waals surface area contributed by atoms with E-state index >= 15 is 0 Å². The SMILES string of the molecule is CCCC1(C)OCc2cc([Si](OCC)OCC)ccc2O1. The molecule has 0 amide bonds. The lowest BCUT2D eigenvalue weighted by Crippen LogP contribution is -2.41. The molecule has 1 heterocycles. The van der Waals surface area contributed by atoms with Crippen molar-refractivity contribution in [2.45, 2.75) is 52.9 Å². The van der Waals surface area contributed by atoms with Gasteiger partial charge in [-0.1, -0.05) is 13.0 Å². The summed E-state index contributed by atoms with van der Waals surface area (Å²) in [4.78, 5) is 0. The van der Waals surface area contributed by atoms with Crippen LogP contribution in [0.2, 0.25) is 0 Å². The molecule has 117 valence electrons. The molecule has 1 radical (unpaired) electrons. The minimum atomic E-state index is -1.41. The number of hydrogen-bond donors (Lipinski definition) is 0. The number of benzene rings is 1. The summed E-state index contributed by atoms with van der Waals surface area (Å²) in [7, 11) is -1.41.